The lowest BCUT2D eigenvalue weighted by Gasteiger charge is -2.36. The van der Waals surface area contributed by atoms with Crippen LogP contribution in [0.5, 0.6) is 5.75 Å². The number of benzene rings is 2. The van der Waals surface area contributed by atoms with E-state index < -0.39 is 5.97 Å². The van der Waals surface area contributed by atoms with Crippen LogP contribution in [0.1, 0.15) is 21.7 Å². The Kier molecular flexibility index (Phi) is 6.39. The molecule has 2 heterocycles. The van der Waals surface area contributed by atoms with Gasteiger partial charge in [-0.2, -0.15) is 0 Å². The number of carboxylic acid groups (broad SMARTS) is 1. The summed E-state index contributed by atoms with van der Waals surface area (Å²) in [6.07, 6.45) is 0. The summed E-state index contributed by atoms with van der Waals surface area (Å²) in [4.78, 5) is 16.2. The molecule has 3 aromatic rings. The molecule has 0 aliphatic carbocycles. The number of anilines is 1. The summed E-state index contributed by atoms with van der Waals surface area (Å²) in [5, 5.41) is 18.3. The number of rotatable bonds is 7. The van der Waals surface area contributed by atoms with E-state index in [4.69, 9.17) is 16.3 Å². The average molecular weight is 442 g/mol. The van der Waals surface area contributed by atoms with Gasteiger partial charge < -0.3 is 14.7 Å². The van der Waals surface area contributed by atoms with Gasteiger partial charge in [-0.15, -0.1) is 5.10 Å². The molecule has 0 atom stereocenters. The Bertz CT molecular complexity index is 1030. The summed E-state index contributed by atoms with van der Waals surface area (Å²) in [5.74, 6) is -0.289. The molecule has 0 spiro atoms. The van der Waals surface area contributed by atoms with Crippen molar-refractivity contribution >= 4 is 23.3 Å². The number of methoxy groups -OCH3 is 1. The van der Waals surface area contributed by atoms with Crippen molar-refractivity contribution < 1.29 is 14.6 Å². The predicted molar refractivity (Wildman–Crippen MR) is 118 cm³/mol. The Balaban J connectivity index is 1.45. The van der Waals surface area contributed by atoms with Gasteiger partial charge in [0.25, 0.3) is 0 Å². The first kappa shape index (κ1) is 21.1. The number of hydrogen-bond acceptors (Lipinski definition) is 6. The van der Waals surface area contributed by atoms with E-state index in [-0.39, 0.29) is 5.69 Å². The minimum absolute atomic E-state index is 0.00800. The van der Waals surface area contributed by atoms with Crippen molar-refractivity contribution in [2.45, 2.75) is 13.1 Å². The number of carboxylic acids is 1. The van der Waals surface area contributed by atoms with E-state index in [1.165, 1.54) is 0 Å². The molecule has 1 saturated heterocycles. The fourth-order valence-corrected chi connectivity index (χ4v) is 3.84. The molecule has 31 heavy (non-hydrogen) atoms. The number of halogens is 1. The van der Waals surface area contributed by atoms with Gasteiger partial charge in [0.15, 0.2) is 5.69 Å². The second-order valence-corrected chi connectivity index (χ2v) is 7.87. The fourth-order valence-electron chi connectivity index (χ4n) is 3.71. The highest BCUT2D eigenvalue weighted by molar-refractivity contribution is 6.30. The maximum absolute atomic E-state index is 11.7. The van der Waals surface area contributed by atoms with Gasteiger partial charge >= 0.3 is 5.97 Å². The Morgan fingerprint density at radius 2 is 1.71 bits per heavy atom. The molecule has 0 amide bonds. The van der Waals surface area contributed by atoms with E-state index in [1.807, 2.05) is 48.5 Å². The van der Waals surface area contributed by atoms with Crippen LogP contribution in [-0.2, 0) is 13.1 Å². The van der Waals surface area contributed by atoms with Crippen LogP contribution in [0.2, 0.25) is 5.02 Å². The van der Waals surface area contributed by atoms with E-state index in [1.54, 1.807) is 11.8 Å². The number of nitrogens with zero attached hydrogens (tertiary/aromatic N) is 5. The largest absolute Gasteiger partial charge is 0.497 e. The summed E-state index contributed by atoms with van der Waals surface area (Å²) < 4.78 is 6.87. The van der Waals surface area contributed by atoms with Gasteiger partial charge in [0.1, 0.15) is 5.75 Å². The number of ether oxygens (including phenoxy) is 1. The molecule has 0 saturated carbocycles. The molecule has 1 N–H and O–H groups in total. The molecule has 0 bridgehead atoms. The lowest BCUT2D eigenvalue weighted by molar-refractivity contribution is 0.0687. The van der Waals surface area contributed by atoms with Gasteiger partial charge in [0.2, 0.25) is 0 Å². The normalized spacial score (nSPS) is 14.6. The molecule has 1 fully saturated rings. The molecule has 1 aliphatic heterocycles. The van der Waals surface area contributed by atoms with Crippen LogP contribution in [0.15, 0.2) is 48.5 Å². The van der Waals surface area contributed by atoms with Crippen LogP contribution in [0.4, 0.5) is 5.69 Å². The number of hydrogen-bond donors (Lipinski definition) is 1. The first-order valence-electron chi connectivity index (χ1n) is 10.0. The Morgan fingerprint density at radius 1 is 1.03 bits per heavy atom. The quantitative estimate of drug-likeness (QED) is 0.603. The minimum atomic E-state index is -1.06. The summed E-state index contributed by atoms with van der Waals surface area (Å²) in [6, 6.07) is 15.5. The molecule has 4 rings (SSSR count). The van der Waals surface area contributed by atoms with Crippen LogP contribution in [0.25, 0.3) is 0 Å². The first-order chi connectivity index (χ1) is 15.0. The van der Waals surface area contributed by atoms with Crippen LogP contribution in [-0.4, -0.2) is 64.3 Å². The van der Waals surface area contributed by atoms with E-state index in [9.17, 15) is 9.90 Å². The Morgan fingerprint density at radius 3 is 2.32 bits per heavy atom. The summed E-state index contributed by atoms with van der Waals surface area (Å²) in [6.45, 7) is 4.27. The summed E-state index contributed by atoms with van der Waals surface area (Å²) in [5.41, 5.74) is 2.76. The molecule has 8 nitrogen and oxygen atoms in total. The third kappa shape index (κ3) is 4.98. The number of carbonyl (C=O) groups is 1. The SMILES string of the molecule is COc1ccc(Cn2nnc(C(=O)O)c2CN2CCN(c3ccc(Cl)cc3)CC2)cc1. The average Bonchev–Trinajstić information content (AvgIpc) is 3.18. The van der Waals surface area contributed by atoms with E-state index >= 15 is 0 Å². The predicted octanol–water partition coefficient (Wildman–Crippen LogP) is 3.01. The highest BCUT2D eigenvalue weighted by Gasteiger charge is 2.24. The molecule has 9 heteroatoms. The van der Waals surface area contributed by atoms with Crippen LogP contribution >= 0.6 is 11.6 Å². The second kappa shape index (κ2) is 9.36. The van der Waals surface area contributed by atoms with Crippen LogP contribution in [0, 0.1) is 0 Å². The van der Waals surface area contributed by atoms with Crippen molar-refractivity contribution in [3.8, 4) is 5.75 Å². The van der Waals surface area contributed by atoms with Crippen molar-refractivity contribution in [2.24, 2.45) is 0 Å². The number of aromatic nitrogens is 3. The fraction of sp³-hybridized carbons (Fsp3) is 0.318. The summed E-state index contributed by atoms with van der Waals surface area (Å²) in [7, 11) is 1.62. The highest BCUT2D eigenvalue weighted by atomic mass is 35.5. The molecular formula is C22H24ClN5O3. The van der Waals surface area contributed by atoms with Gasteiger partial charge in [-0.05, 0) is 42.0 Å². The maximum Gasteiger partial charge on any atom is 0.358 e. The third-order valence-electron chi connectivity index (χ3n) is 5.47. The molecule has 162 valence electrons. The van der Waals surface area contributed by atoms with Crippen molar-refractivity contribution in [3.63, 3.8) is 0 Å². The maximum atomic E-state index is 11.7. The van der Waals surface area contributed by atoms with Crippen molar-refractivity contribution in [3.05, 3.63) is 70.5 Å². The topological polar surface area (TPSA) is 83.7 Å². The zero-order chi connectivity index (χ0) is 21.8. The van der Waals surface area contributed by atoms with E-state index in [0.29, 0.717) is 18.8 Å². The van der Waals surface area contributed by atoms with Gasteiger partial charge in [-0.25, -0.2) is 9.48 Å². The van der Waals surface area contributed by atoms with E-state index in [0.717, 1.165) is 48.2 Å². The molecule has 1 aromatic heterocycles. The van der Waals surface area contributed by atoms with Crippen molar-refractivity contribution in [1.29, 1.82) is 0 Å². The zero-order valence-corrected chi connectivity index (χ0v) is 18.0. The lowest BCUT2D eigenvalue weighted by atomic mass is 10.2. The number of piperazine rings is 1. The van der Waals surface area contributed by atoms with Gasteiger partial charge in [-0.1, -0.05) is 28.9 Å². The van der Waals surface area contributed by atoms with Crippen molar-refractivity contribution in [2.75, 3.05) is 38.2 Å². The van der Waals surface area contributed by atoms with Crippen LogP contribution in [0.3, 0.4) is 0 Å². The minimum Gasteiger partial charge on any atom is -0.497 e. The Hall–Kier alpha value is -3.10. The van der Waals surface area contributed by atoms with Gasteiger partial charge in [-0.3, -0.25) is 4.90 Å². The van der Waals surface area contributed by atoms with Crippen LogP contribution < -0.4 is 9.64 Å². The third-order valence-corrected chi connectivity index (χ3v) is 5.72. The molecule has 1 aliphatic rings. The lowest BCUT2D eigenvalue weighted by Crippen LogP contribution is -2.46. The zero-order valence-electron chi connectivity index (χ0n) is 17.2. The van der Waals surface area contributed by atoms with Crippen molar-refractivity contribution in [1.82, 2.24) is 19.9 Å². The highest BCUT2D eigenvalue weighted by Crippen LogP contribution is 2.21. The second-order valence-electron chi connectivity index (χ2n) is 7.44. The van der Waals surface area contributed by atoms with Gasteiger partial charge in [0.05, 0.1) is 19.3 Å². The molecular weight excluding hydrogens is 418 g/mol. The van der Waals surface area contributed by atoms with Gasteiger partial charge in [0, 0.05) is 43.4 Å². The summed E-state index contributed by atoms with van der Waals surface area (Å²) >= 11 is 5.99. The first-order valence-corrected chi connectivity index (χ1v) is 10.4. The monoisotopic (exact) mass is 441 g/mol. The Labute approximate surface area is 185 Å². The standard InChI is InChI=1S/C22H24ClN5O3/c1-31-19-8-2-16(3-9-19)14-28-20(21(22(29)30)24-25-28)15-26-10-12-27(13-11-26)18-6-4-17(23)5-7-18/h2-9H,10-15H2,1H3,(H,29,30). The number of aromatic carboxylic acids is 1. The smallest absolute Gasteiger partial charge is 0.358 e. The molecule has 2 aromatic carbocycles. The molecule has 0 unspecified atom stereocenters. The molecule has 0 radical (unpaired) electrons. The van der Waals surface area contributed by atoms with E-state index in [2.05, 4.69) is 20.1 Å².